The van der Waals surface area contributed by atoms with Crippen LogP contribution in [0.1, 0.15) is 31.4 Å². The van der Waals surface area contributed by atoms with E-state index >= 15 is 0 Å². The van der Waals surface area contributed by atoms with Gasteiger partial charge in [0, 0.05) is 13.1 Å². The number of guanidine groups is 1. The summed E-state index contributed by atoms with van der Waals surface area (Å²) in [5, 5.41) is 7.81. The Morgan fingerprint density at radius 3 is 2.68 bits per heavy atom. The van der Waals surface area contributed by atoms with Crippen LogP contribution in [-0.2, 0) is 22.6 Å². The van der Waals surface area contributed by atoms with E-state index in [-0.39, 0.29) is 36.5 Å². The van der Waals surface area contributed by atoms with Crippen molar-refractivity contribution < 1.29 is 9.53 Å². The number of ether oxygens (including phenoxy) is 1. The molecule has 0 aliphatic carbocycles. The third-order valence-electron chi connectivity index (χ3n) is 3.44. The molecular weight excluding hydrogens is 399 g/mol. The summed E-state index contributed by atoms with van der Waals surface area (Å²) < 4.78 is 6.00. The number of nitrogens with two attached hydrogens (primary N) is 1. The number of hydrogen-bond acceptors (Lipinski definition) is 5. The highest BCUT2D eigenvalue weighted by atomic mass is 127. The topological polar surface area (TPSA) is 98.6 Å². The van der Waals surface area contributed by atoms with Gasteiger partial charge in [0.1, 0.15) is 12.2 Å². The Labute approximate surface area is 147 Å². The summed E-state index contributed by atoms with van der Waals surface area (Å²) in [5.41, 5.74) is 6.70. The van der Waals surface area contributed by atoms with Gasteiger partial charge in [-0.1, -0.05) is 18.1 Å². The molecule has 8 nitrogen and oxygen atoms in total. The fourth-order valence-electron chi connectivity index (χ4n) is 2.25. The number of aromatic nitrogens is 3. The van der Waals surface area contributed by atoms with Crippen LogP contribution in [0.5, 0.6) is 0 Å². The Morgan fingerprint density at radius 2 is 2.05 bits per heavy atom. The third-order valence-corrected chi connectivity index (χ3v) is 3.44. The predicted molar refractivity (Wildman–Crippen MR) is 92.8 cm³/mol. The van der Waals surface area contributed by atoms with Gasteiger partial charge in [-0.25, -0.2) is 9.67 Å². The quantitative estimate of drug-likeness (QED) is 0.333. The summed E-state index contributed by atoms with van der Waals surface area (Å²) >= 11 is 0. The Hall–Kier alpha value is -1.39. The average molecular weight is 422 g/mol. The van der Waals surface area contributed by atoms with Crippen molar-refractivity contribution in [1.29, 1.82) is 0 Å². The molecule has 2 rings (SSSR count). The Kier molecular flexibility index (Phi) is 8.13. The van der Waals surface area contributed by atoms with Crippen LogP contribution >= 0.6 is 24.0 Å². The normalized spacial score (nSPS) is 15.9. The zero-order valence-corrected chi connectivity index (χ0v) is 15.1. The zero-order chi connectivity index (χ0) is 15.1. The van der Waals surface area contributed by atoms with E-state index in [2.05, 4.69) is 24.9 Å². The minimum Gasteiger partial charge on any atom is -0.468 e. The van der Waals surface area contributed by atoms with E-state index in [9.17, 15) is 4.79 Å². The molecule has 0 aromatic carbocycles. The van der Waals surface area contributed by atoms with E-state index in [1.165, 1.54) is 24.6 Å². The SMILES string of the molecule is COC(=O)Cn1cc(CN=C(N)N2CCCCCC2)nn1.I. The molecule has 124 valence electrons. The maximum Gasteiger partial charge on any atom is 0.327 e. The van der Waals surface area contributed by atoms with E-state index in [0.29, 0.717) is 18.2 Å². The van der Waals surface area contributed by atoms with Gasteiger partial charge in [0.2, 0.25) is 0 Å². The minimum atomic E-state index is -0.362. The molecule has 1 aromatic heterocycles. The van der Waals surface area contributed by atoms with Crippen molar-refractivity contribution in [3.8, 4) is 0 Å². The van der Waals surface area contributed by atoms with E-state index in [1.807, 2.05) is 0 Å². The van der Waals surface area contributed by atoms with Gasteiger partial charge in [-0.15, -0.1) is 29.1 Å². The summed E-state index contributed by atoms with van der Waals surface area (Å²) in [7, 11) is 1.34. The van der Waals surface area contributed by atoms with Crippen LogP contribution in [0.15, 0.2) is 11.2 Å². The molecular formula is C13H23IN6O2. The first-order chi connectivity index (χ1) is 10.2. The van der Waals surface area contributed by atoms with Crippen LogP contribution in [0, 0.1) is 0 Å². The number of carbonyl (C=O) groups excluding carboxylic acids is 1. The second-order valence-corrected chi connectivity index (χ2v) is 5.06. The molecule has 0 bridgehead atoms. The molecule has 2 heterocycles. The van der Waals surface area contributed by atoms with Gasteiger partial charge in [-0.3, -0.25) is 4.79 Å². The van der Waals surface area contributed by atoms with Crippen LogP contribution in [-0.4, -0.2) is 52.0 Å². The largest absolute Gasteiger partial charge is 0.468 e. The van der Waals surface area contributed by atoms with Gasteiger partial charge < -0.3 is 15.4 Å². The summed E-state index contributed by atoms with van der Waals surface area (Å²) in [6.07, 6.45) is 6.50. The highest BCUT2D eigenvalue weighted by Crippen LogP contribution is 2.09. The van der Waals surface area contributed by atoms with Crippen molar-refractivity contribution in [2.75, 3.05) is 20.2 Å². The molecule has 9 heteroatoms. The number of halogens is 1. The molecule has 1 saturated heterocycles. The van der Waals surface area contributed by atoms with Gasteiger partial charge in [-0.2, -0.15) is 0 Å². The molecule has 0 amide bonds. The molecule has 0 unspecified atom stereocenters. The highest BCUT2D eigenvalue weighted by molar-refractivity contribution is 14.0. The lowest BCUT2D eigenvalue weighted by Gasteiger charge is -2.20. The monoisotopic (exact) mass is 422 g/mol. The predicted octanol–water partition coefficient (Wildman–Crippen LogP) is 0.760. The lowest BCUT2D eigenvalue weighted by molar-refractivity contribution is -0.141. The van der Waals surface area contributed by atoms with Crippen molar-refractivity contribution in [2.24, 2.45) is 10.7 Å². The number of aliphatic imine (C=N–C) groups is 1. The van der Waals surface area contributed by atoms with Crippen molar-refractivity contribution >= 4 is 35.9 Å². The van der Waals surface area contributed by atoms with E-state index in [1.54, 1.807) is 6.20 Å². The molecule has 0 radical (unpaired) electrons. The first kappa shape index (κ1) is 18.7. The van der Waals surface area contributed by atoms with E-state index < -0.39 is 0 Å². The average Bonchev–Trinajstić information content (AvgIpc) is 2.75. The number of esters is 1. The molecule has 1 aromatic rings. The fourth-order valence-corrected chi connectivity index (χ4v) is 2.25. The molecule has 2 N–H and O–H groups in total. The molecule has 1 fully saturated rings. The van der Waals surface area contributed by atoms with Gasteiger partial charge in [0.25, 0.3) is 0 Å². The molecule has 0 spiro atoms. The zero-order valence-electron chi connectivity index (χ0n) is 12.8. The third kappa shape index (κ3) is 5.78. The van der Waals surface area contributed by atoms with E-state index in [0.717, 1.165) is 25.9 Å². The number of likely N-dealkylation sites (tertiary alicyclic amines) is 1. The maximum absolute atomic E-state index is 11.1. The lowest BCUT2D eigenvalue weighted by atomic mass is 10.2. The van der Waals surface area contributed by atoms with Crippen LogP contribution in [0.25, 0.3) is 0 Å². The van der Waals surface area contributed by atoms with Crippen molar-refractivity contribution in [3.05, 3.63) is 11.9 Å². The fraction of sp³-hybridized carbons (Fsp3) is 0.692. The van der Waals surface area contributed by atoms with Crippen LogP contribution in [0.4, 0.5) is 0 Å². The number of carbonyl (C=O) groups is 1. The van der Waals surface area contributed by atoms with Crippen LogP contribution in [0.3, 0.4) is 0 Å². The first-order valence-electron chi connectivity index (χ1n) is 7.19. The molecule has 22 heavy (non-hydrogen) atoms. The molecule has 1 aliphatic rings. The Bertz CT molecular complexity index is 496. The maximum atomic E-state index is 11.1. The number of nitrogens with zero attached hydrogens (tertiary/aromatic N) is 5. The van der Waals surface area contributed by atoms with Gasteiger partial charge in [0.05, 0.1) is 19.9 Å². The van der Waals surface area contributed by atoms with Crippen LogP contribution < -0.4 is 5.73 Å². The molecule has 0 saturated carbocycles. The van der Waals surface area contributed by atoms with Crippen molar-refractivity contribution in [1.82, 2.24) is 19.9 Å². The lowest BCUT2D eigenvalue weighted by Crippen LogP contribution is -2.38. The standard InChI is InChI=1S/C13H22N6O2.HI/c1-21-12(20)10-19-9-11(16-17-19)8-15-13(14)18-6-4-2-3-5-7-18;/h9H,2-8,10H2,1H3,(H2,14,15);1H. The number of methoxy groups -OCH3 is 1. The second-order valence-electron chi connectivity index (χ2n) is 5.06. The van der Waals surface area contributed by atoms with Crippen molar-refractivity contribution in [3.63, 3.8) is 0 Å². The smallest absolute Gasteiger partial charge is 0.327 e. The number of rotatable bonds is 4. The summed E-state index contributed by atoms with van der Waals surface area (Å²) in [5.74, 6) is 0.193. The minimum absolute atomic E-state index is 0. The van der Waals surface area contributed by atoms with Gasteiger partial charge in [-0.05, 0) is 12.8 Å². The van der Waals surface area contributed by atoms with Crippen LogP contribution in [0.2, 0.25) is 0 Å². The highest BCUT2D eigenvalue weighted by Gasteiger charge is 2.11. The number of hydrogen-bond donors (Lipinski definition) is 1. The summed E-state index contributed by atoms with van der Waals surface area (Å²) in [4.78, 5) is 17.6. The second kappa shape index (κ2) is 9.59. The first-order valence-corrected chi connectivity index (χ1v) is 7.19. The van der Waals surface area contributed by atoms with E-state index in [4.69, 9.17) is 5.73 Å². The summed E-state index contributed by atoms with van der Waals surface area (Å²) in [6.45, 7) is 2.34. The Balaban J connectivity index is 0.00000242. The van der Waals surface area contributed by atoms with Crippen molar-refractivity contribution in [2.45, 2.75) is 38.8 Å². The van der Waals surface area contributed by atoms with Gasteiger partial charge in [0.15, 0.2) is 5.96 Å². The molecule has 1 aliphatic heterocycles. The van der Waals surface area contributed by atoms with Gasteiger partial charge >= 0.3 is 5.97 Å². The Morgan fingerprint density at radius 1 is 1.36 bits per heavy atom. The molecule has 0 atom stereocenters. The summed E-state index contributed by atoms with van der Waals surface area (Å²) in [6, 6.07) is 0.